The molecule has 100 valence electrons. The molecule has 0 N–H and O–H groups in total. The van der Waals surface area contributed by atoms with Crippen LogP contribution in [-0.4, -0.2) is 59.3 Å². The highest BCUT2D eigenvalue weighted by Crippen LogP contribution is 2.43. The van der Waals surface area contributed by atoms with Crippen LogP contribution in [0.5, 0.6) is 0 Å². The fourth-order valence-corrected chi connectivity index (χ4v) is 3.58. The average molecular weight is 240 g/mol. The second kappa shape index (κ2) is 4.22. The minimum Gasteiger partial charge on any atom is -0.371 e. The fraction of sp³-hybridized carbons (Fsp3) is 1.00. The van der Waals surface area contributed by atoms with Gasteiger partial charge in [0.1, 0.15) is 0 Å². The summed E-state index contributed by atoms with van der Waals surface area (Å²) in [6, 6.07) is 1.20. The molecule has 2 heterocycles. The van der Waals surface area contributed by atoms with Crippen LogP contribution in [0.1, 0.15) is 41.5 Å². The predicted molar refractivity (Wildman–Crippen MR) is 71.3 cm³/mol. The third kappa shape index (κ3) is 1.92. The van der Waals surface area contributed by atoms with E-state index in [1.165, 1.54) is 0 Å². The van der Waals surface area contributed by atoms with Crippen LogP contribution < -0.4 is 0 Å². The van der Waals surface area contributed by atoms with Crippen LogP contribution >= 0.6 is 0 Å². The molecule has 2 atom stereocenters. The Labute approximate surface area is 106 Å². The Morgan fingerprint density at radius 3 is 2.18 bits per heavy atom. The number of fused-ring (bicyclic) bond motifs is 1. The zero-order valence-electron chi connectivity index (χ0n) is 12.3. The molecular formula is C14H28N2O. The van der Waals surface area contributed by atoms with E-state index in [4.69, 9.17) is 4.74 Å². The van der Waals surface area contributed by atoms with Crippen molar-refractivity contribution in [2.45, 2.75) is 64.8 Å². The lowest BCUT2D eigenvalue weighted by Gasteiger charge is -2.53. The van der Waals surface area contributed by atoms with Gasteiger partial charge >= 0.3 is 0 Å². The third-order valence-corrected chi connectivity index (χ3v) is 4.90. The van der Waals surface area contributed by atoms with Crippen molar-refractivity contribution in [2.24, 2.45) is 0 Å². The molecule has 0 aromatic rings. The van der Waals surface area contributed by atoms with Crippen LogP contribution in [-0.2, 0) is 4.74 Å². The van der Waals surface area contributed by atoms with Crippen molar-refractivity contribution in [1.29, 1.82) is 0 Å². The van der Waals surface area contributed by atoms with Crippen LogP contribution in [0.2, 0.25) is 0 Å². The number of hydrogen-bond acceptors (Lipinski definition) is 3. The van der Waals surface area contributed by atoms with Crippen LogP contribution in [0, 0.1) is 0 Å². The molecular weight excluding hydrogens is 212 g/mol. The zero-order valence-corrected chi connectivity index (χ0v) is 12.3. The van der Waals surface area contributed by atoms with E-state index < -0.39 is 0 Å². The molecule has 0 aromatic carbocycles. The van der Waals surface area contributed by atoms with E-state index in [1.54, 1.807) is 0 Å². The van der Waals surface area contributed by atoms with Gasteiger partial charge in [-0.25, -0.2) is 0 Å². The summed E-state index contributed by atoms with van der Waals surface area (Å²) < 4.78 is 6.17. The smallest absolute Gasteiger partial charge is 0.0973 e. The van der Waals surface area contributed by atoms with Crippen LogP contribution in [0.25, 0.3) is 0 Å². The van der Waals surface area contributed by atoms with Crippen molar-refractivity contribution in [3.63, 3.8) is 0 Å². The summed E-state index contributed by atoms with van der Waals surface area (Å²) in [5, 5.41) is 0. The molecule has 2 rings (SSSR count). The van der Waals surface area contributed by atoms with Crippen molar-refractivity contribution >= 4 is 0 Å². The van der Waals surface area contributed by atoms with E-state index in [9.17, 15) is 0 Å². The Hall–Kier alpha value is -0.120. The Bertz CT molecular complexity index is 292. The van der Waals surface area contributed by atoms with E-state index in [2.05, 4.69) is 51.3 Å². The van der Waals surface area contributed by atoms with E-state index in [0.717, 1.165) is 26.2 Å². The number of nitrogens with zero attached hydrogens (tertiary/aromatic N) is 2. The van der Waals surface area contributed by atoms with E-state index in [-0.39, 0.29) is 11.1 Å². The SMILES string of the molecule is CC(C)N1C[C@@]2(C)N(C(C)C)CCO[C@@]2(C)C1. The molecule has 2 aliphatic heterocycles. The quantitative estimate of drug-likeness (QED) is 0.734. The minimum atomic E-state index is -0.0141. The van der Waals surface area contributed by atoms with Crippen LogP contribution in [0.15, 0.2) is 0 Å². The molecule has 0 bridgehead atoms. The molecule has 17 heavy (non-hydrogen) atoms. The summed E-state index contributed by atoms with van der Waals surface area (Å²) in [6.45, 7) is 18.0. The number of rotatable bonds is 2. The summed E-state index contributed by atoms with van der Waals surface area (Å²) in [5.74, 6) is 0. The molecule has 0 amide bonds. The molecule has 0 radical (unpaired) electrons. The first-order chi connectivity index (χ1) is 7.80. The van der Waals surface area contributed by atoms with Crippen LogP contribution in [0.4, 0.5) is 0 Å². The van der Waals surface area contributed by atoms with Gasteiger partial charge < -0.3 is 4.74 Å². The number of morpholine rings is 1. The van der Waals surface area contributed by atoms with Crippen LogP contribution in [0.3, 0.4) is 0 Å². The van der Waals surface area contributed by atoms with E-state index >= 15 is 0 Å². The number of hydrogen-bond donors (Lipinski definition) is 0. The second-order valence-corrected chi connectivity index (χ2v) is 6.64. The summed E-state index contributed by atoms with van der Waals surface area (Å²) in [4.78, 5) is 5.19. The fourth-order valence-electron chi connectivity index (χ4n) is 3.58. The average Bonchev–Trinajstić information content (AvgIpc) is 2.49. The van der Waals surface area contributed by atoms with Gasteiger partial charge in [0, 0.05) is 31.7 Å². The molecule has 2 saturated heterocycles. The molecule has 2 fully saturated rings. The lowest BCUT2D eigenvalue weighted by atomic mass is 9.82. The zero-order chi connectivity index (χ0) is 12.8. The number of likely N-dealkylation sites (tertiary alicyclic amines) is 1. The highest BCUT2D eigenvalue weighted by atomic mass is 16.5. The van der Waals surface area contributed by atoms with Gasteiger partial charge in [0.25, 0.3) is 0 Å². The van der Waals surface area contributed by atoms with Gasteiger partial charge in [0.15, 0.2) is 0 Å². The summed E-state index contributed by atoms with van der Waals surface area (Å²) >= 11 is 0. The topological polar surface area (TPSA) is 15.7 Å². The highest BCUT2D eigenvalue weighted by molar-refractivity contribution is 5.14. The van der Waals surface area contributed by atoms with Crippen molar-refractivity contribution < 1.29 is 4.74 Å². The van der Waals surface area contributed by atoms with Crippen molar-refractivity contribution in [3.05, 3.63) is 0 Å². The first-order valence-electron chi connectivity index (χ1n) is 6.95. The Morgan fingerprint density at radius 2 is 1.65 bits per heavy atom. The Morgan fingerprint density at radius 1 is 1.00 bits per heavy atom. The van der Waals surface area contributed by atoms with E-state index in [1.807, 2.05) is 0 Å². The normalized spacial score (nSPS) is 40.2. The lowest BCUT2D eigenvalue weighted by Crippen LogP contribution is -2.67. The third-order valence-electron chi connectivity index (χ3n) is 4.90. The maximum atomic E-state index is 6.17. The van der Waals surface area contributed by atoms with Gasteiger partial charge in [0.2, 0.25) is 0 Å². The van der Waals surface area contributed by atoms with Gasteiger partial charge in [-0.05, 0) is 41.5 Å². The lowest BCUT2D eigenvalue weighted by molar-refractivity contribution is -0.165. The van der Waals surface area contributed by atoms with Crippen molar-refractivity contribution in [2.75, 3.05) is 26.2 Å². The molecule has 0 unspecified atom stereocenters. The standard InChI is InChI=1S/C14H28N2O/c1-11(2)15-9-13(5)14(6,10-15)17-8-7-16(13)12(3)4/h11-12H,7-10H2,1-6H3/t13-,14+/m1/s1. The van der Waals surface area contributed by atoms with Gasteiger partial charge in [0.05, 0.1) is 17.7 Å². The monoisotopic (exact) mass is 240 g/mol. The Kier molecular flexibility index (Phi) is 3.30. The van der Waals surface area contributed by atoms with Crippen molar-refractivity contribution in [1.82, 2.24) is 9.80 Å². The summed E-state index contributed by atoms with van der Waals surface area (Å²) in [7, 11) is 0. The molecule has 2 aliphatic rings. The molecule has 3 nitrogen and oxygen atoms in total. The Balaban J connectivity index is 2.29. The first kappa shape index (κ1) is 13.3. The van der Waals surface area contributed by atoms with Gasteiger partial charge in [-0.15, -0.1) is 0 Å². The predicted octanol–water partition coefficient (Wildman–Crippen LogP) is 1.97. The van der Waals surface area contributed by atoms with E-state index in [0.29, 0.717) is 12.1 Å². The number of ether oxygens (including phenoxy) is 1. The second-order valence-electron chi connectivity index (χ2n) is 6.64. The molecule has 0 aliphatic carbocycles. The largest absolute Gasteiger partial charge is 0.371 e. The van der Waals surface area contributed by atoms with Gasteiger partial charge in [-0.1, -0.05) is 0 Å². The highest BCUT2D eigenvalue weighted by Gasteiger charge is 2.58. The first-order valence-corrected chi connectivity index (χ1v) is 6.95. The maximum Gasteiger partial charge on any atom is 0.0973 e. The molecule has 0 aromatic heterocycles. The summed E-state index contributed by atoms with van der Waals surface area (Å²) in [5.41, 5.74) is 0.142. The van der Waals surface area contributed by atoms with Gasteiger partial charge in [-0.2, -0.15) is 0 Å². The molecule has 3 heteroatoms. The molecule has 0 spiro atoms. The molecule has 0 saturated carbocycles. The van der Waals surface area contributed by atoms with Crippen molar-refractivity contribution in [3.8, 4) is 0 Å². The maximum absolute atomic E-state index is 6.17. The minimum absolute atomic E-state index is 0.0141. The summed E-state index contributed by atoms with van der Waals surface area (Å²) in [6.07, 6.45) is 0. The van der Waals surface area contributed by atoms with Gasteiger partial charge in [-0.3, -0.25) is 9.80 Å².